The van der Waals surface area contributed by atoms with Crippen LogP contribution in [0.25, 0.3) is 32.8 Å². The summed E-state index contributed by atoms with van der Waals surface area (Å²) in [4.78, 5) is 28.2. The van der Waals surface area contributed by atoms with Gasteiger partial charge in [0.25, 0.3) is 0 Å². The fourth-order valence-electron chi connectivity index (χ4n) is 8.25. The van der Waals surface area contributed by atoms with Crippen LogP contribution in [-0.2, 0) is 0 Å². The molecule has 222 valence electrons. The van der Waals surface area contributed by atoms with Gasteiger partial charge in [0.2, 0.25) is 0 Å². The summed E-state index contributed by atoms with van der Waals surface area (Å²) < 4.78 is 23.1. The monoisotopic (exact) mass is 582 g/mol. The summed E-state index contributed by atoms with van der Waals surface area (Å²) in [5.41, 5.74) is 6.84. The molecule has 4 fully saturated rings. The molecule has 0 radical (unpaired) electrons. The fraction of sp³-hybridized carbons (Fsp3) is 0.424. The van der Waals surface area contributed by atoms with E-state index in [-0.39, 0.29) is 34.9 Å². The summed E-state index contributed by atoms with van der Waals surface area (Å²) in [6.07, 6.45) is 6.20. The summed E-state index contributed by atoms with van der Waals surface area (Å²) >= 11 is 0. The number of phenols is 1. The normalized spacial score (nSPS) is 22.9. The number of carbonyl (C=O) groups is 1. The molecule has 3 aromatic carbocycles. The van der Waals surface area contributed by atoms with Gasteiger partial charge in [0, 0.05) is 24.0 Å². The molecule has 4 aliphatic heterocycles. The van der Waals surface area contributed by atoms with Gasteiger partial charge in [0.1, 0.15) is 23.7 Å². The van der Waals surface area contributed by atoms with Crippen LogP contribution in [0.3, 0.4) is 0 Å². The molecule has 9 nitrogen and oxygen atoms in total. The number of rotatable bonds is 5. The Hall–Kier alpha value is -4.18. The van der Waals surface area contributed by atoms with Gasteiger partial charge in [0.05, 0.1) is 17.6 Å². The van der Waals surface area contributed by atoms with Crippen LogP contribution >= 0.6 is 0 Å². The van der Waals surface area contributed by atoms with Crippen molar-refractivity contribution < 1.29 is 19.0 Å². The van der Waals surface area contributed by atoms with Crippen LogP contribution in [0.15, 0.2) is 48.5 Å². The SMILES string of the molecule is NC(=O)N1C2CCC1CN(c1nc(OCC34CCCN3CCC4)nc3c(F)c(-c4cc(O)cc5ccccc45)ccc13)C2. The number of nitrogens with zero attached hydrogens (tertiary/aromatic N) is 5. The third kappa shape index (κ3) is 4.25. The molecule has 2 unspecified atom stereocenters. The van der Waals surface area contributed by atoms with Crippen molar-refractivity contribution in [1.29, 1.82) is 0 Å². The lowest BCUT2D eigenvalue weighted by molar-refractivity contribution is 0.107. The number of fused-ring (bicyclic) bond motifs is 5. The smallest absolute Gasteiger partial charge is 0.319 e. The van der Waals surface area contributed by atoms with Crippen molar-refractivity contribution in [3.05, 3.63) is 54.3 Å². The summed E-state index contributed by atoms with van der Waals surface area (Å²) in [6.45, 7) is 3.75. The average molecular weight is 583 g/mol. The van der Waals surface area contributed by atoms with E-state index < -0.39 is 11.8 Å². The van der Waals surface area contributed by atoms with E-state index in [1.54, 1.807) is 23.1 Å². The number of benzene rings is 3. The number of carbonyl (C=O) groups excluding carboxylic acids is 1. The van der Waals surface area contributed by atoms with Gasteiger partial charge in [-0.2, -0.15) is 9.97 Å². The van der Waals surface area contributed by atoms with E-state index in [1.165, 1.54) is 0 Å². The first-order valence-electron chi connectivity index (χ1n) is 15.3. The highest BCUT2D eigenvalue weighted by Crippen LogP contribution is 2.42. The Morgan fingerprint density at radius 3 is 2.49 bits per heavy atom. The highest BCUT2D eigenvalue weighted by atomic mass is 19.1. The van der Waals surface area contributed by atoms with Crippen molar-refractivity contribution in [2.45, 2.75) is 56.1 Å². The standard InChI is InChI=1S/C33H35FN6O3/c34-28-25(27-16-23(41)15-20-5-1-2-6-24(20)27)9-10-26-29(28)36-32(43-19-33-11-3-13-39(33)14-4-12-33)37-30(26)38-17-21-7-8-22(18-38)40(21)31(35)42/h1-2,5-6,9-10,15-16,21-22,41H,3-4,7-8,11-14,17-19H2,(H2,35,42). The number of anilines is 1. The Balaban J connectivity index is 1.24. The molecular weight excluding hydrogens is 547 g/mol. The Bertz CT molecular complexity index is 1740. The summed E-state index contributed by atoms with van der Waals surface area (Å²) in [5.74, 6) is 0.196. The first kappa shape index (κ1) is 26.4. The maximum absolute atomic E-state index is 16.7. The Morgan fingerprint density at radius 2 is 1.74 bits per heavy atom. The van der Waals surface area contributed by atoms with E-state index >= 15 is 4.39 Å². The van der Waals surface area contributed by atoms with E-state index in [0.29, 0.717) is 42.0 Å². The van der Waals surface area contributed by atoms with Crippen molar-refractivity contribution in [1.82, 2.24) is 19.8 Å². The Kier molecular flexibility index (Phi) is 6.11. The lowest BCUT2D eigenvalue weighted by atomic mass is 9.95. The van der Waals surface area contributed by atoms with Crippen LogP contribution in [0.2, 0.25) is 0 Å². The van der Waals surface area contributed by atoms with Crippen molar-refractivity contribution in [3.63, 3.8) is 0 Å². The number of nitrogens with two attached hydrogens (primary N) is 1. The van der Waals surface area contributed by atoms with Crippen molar-refractivity contribution >= 4 is 33.5 Å². The molecule has 5 heterocycles. The summed E-state index contributed by atoms with van der Waals surface area (Å²) in [5, 5.41) is 12.7. The number of ether oxygens (including phenoxy) is 1. The largest absolute Gasteiger partial charge is 0.508 e. The minimum absolute atomic E-state index is 0.00836. The van der Waals surface area contributed by atoms with Crippen LogP contribution in [0, 0.1) is 5.82 Å². The van der Waals surface area contributed by atoms with Crippen molar-refractivity contribution in [3.8, 4) is 22.9 Å². The summed E-state index contributed by atoms with van der Waals surface area (Å²) in [6, 6.07) is 14.3. The zero-order valence-electron chi connectivity index (χ0n) is 24.0. The van der Waals surface area contributed by atoms with Gasteiger partial charge in [-0.05, 0) is 86.1 Å². The van der Waals surface area contributed by atoms with Gasteiger partial charge in [-0.3, -0.25) is 4.90 Å². The number of hydrogen-bond donors (Lipinski definition) is 2. The third-order valence-corrected chi connectivity index (χ3v) is 10.2. The number of phenolic OH excluding ortho intramolecular Hbond substituents is 1. The minimum Gasteiger partial charge on any atom is -0.508 e. The number of aromatic hydroxyl groups is 1. The highest BCUT2D eigenvalue weighted by molar-refractivity contribution is 6.01. The predicted octanol–water partition coefficient (Wildman–Crippen LogP) is 5.03. The average Bonchev–Trinajstić information content (AvgIpc) is 3.66. The number of urea groups is 1. The molecule has 3 N–H and O–H groups in total. The van der Waals surface area contributed by atoms with Crippen LogP contribution in [0.1, 0.15) is 38.5 Å². The number of amides is 2. The molecule has 8 rings (SSSR count). The molecular formula is C33H35FN6O3. The van der Waals surface area contributed by atoms with Crippen LogP contribution in [-0.4, -0.2) is 81.3 Å². The zero-order valence-corrected chi connectivity index (χ0v) is 24.0. The quantitative estimate of drug-likeness (QED) is 0.340. The molecule has 43 heavy (non-hydrogen) atoms. The van der Waals surface area contributed by atoms with Gasteiger partial charge in [-0.1, -0.05) is 30.3 Å². The second-order valence-electron chi connectivity index (χ2n) is 12.6. The molecule has 2 atom stereocenters. The number of aromatic nitrogens is 2. The number of hydrogen-bond acceptors (Lipinski definition) is 7. The second-order valence-corrected chi connectivity index (χ2v) is 12.6. The number of piperazine rings is 1. The fourth-order valence-corrected chi connectivity index (χ4v) is 8.25. The summed E-state index contributed by atoms with van der Waals surface area (Å²) in [7, 11) is 0. The predicted molar refractivity (Wildman–Crippen MR) is 163 cm³/mol. The molecule has 4 aliphatic rings. The number of halogens is 1. The van der Waals surface area contributed by atoms with Crippen molar-refractivity contribution in [2.75, 3.05) is 37.7 Å². The van der Waals surface area contributed by atoms with Gasteiger partial charge < -0.3 is 25.4 Å². The van der Waals surface area contributed by atoms with E-state index in [0.717, 1.165) is 62.4 Å². The van der Waals surface area contributed by atoms with E-state index in [4.69, 9.17) is 15.5 Å². The lowest BCUT2D eigenvalue weighted by Gasteiger charge is -2.41. The number of primary amides is 1. The first-order chi connectivity index (χ1) is 20.9. The van der Waals surface area contributed by atoms with Gasteiger partial charge in [-0.15, -0.1) is 0 Å². The van der Waals surface area contributed by atoms with E-state index in [2.05, 4.69) is 14.8 Å². The van der Waals surface area contributed by atoms with Gasteiger partial charge in [-0.25, -0.2) is 9.18 Å². The molecule has 2 bridgehead atoms. The molecule has 0 spiro atoms. The van der Waals surface area contributed by atoms with Crippen molar-refractivity contribution in [2.24, 2.45) is 5.73 Å². The van der Waals surface area contributed by atoms with Gasteiger partial charge in [0.15, 0.2) is 5.82 Å². The van der Waals surface area contributed by atoms with Gasteiger partial charge >= 0.3 is 12.0 Å². The maximum atomic E-state index is 16.7. The maximum Gasteiger partial charge on any atom is 0.319 e. The Labute approximate surface area is 249 Å². The molecule has 4 saturated heterocycles. The topological polar surface area (TPSA) is 108 Å². The molecule has 4 aromatic rings. The lowest BCUT2D eigenvalue weighted by Crippen LogP contribution is -2.57. The second kappa shape index (κ2) is 9.94. The van der Waals surface area contributed by atoms with E-state index in [1.807, 2.05) is 30.3 Å². The molecule has 1 aromatic heterocycles. The van der Waals surface area contributed by atoms with E-state index in [9.17, 15) is 9.90 Å². The molecule has 2 amide bonds. The van der Waals surface area contributed by atoms with Crippen LogP contribution in [0.5, 0.6) is 11.8 Å². The zero-order chi connectivity index (χ0) is 29.3. The first-order valence-corrected chi connectivity index (χ1v) is 15.3. The minimum atomic E-state index is -0.484. The third-order valence-electron chi connectivity index (χ3n) is 10.2. The van der Waals surface area contributed by atoms with Crippen LogP contribution < -0.4 is 15.4 Å². The molecule has 0 aliphatic carbocycles. The van der Waals surface area contributed by atoms with Crippen LogP contribution in [0.4, 0.5) is 15.0 Å². The Morgan fingerprint density at radius 1 is 1.00 bits per heavy atom. The molecule has 0 saturated carbocycles. The highest BCUT2D eigenvalue weighted by Gasteiger charge is 2.45. The molecule has 10 heteroatoms.